The van der Waals surface area contributed by atoms with Crippen LogP contribution in [0.1, 0.15) is 71.8 Å². The second-order valence-electron chi connectivity index (χ2n) is 13.0. The zero-order valence-corrected chi connectivity index (χ0v) is 25.2. The highest BCUT2D eigenvalue weighted by molar-refractivity contribution is 6.06. The number of hydrogen-bond donors (Lipinski definition) is 0. The molecule has 2 aromatic rings. The van der Waals surface area contributed by atoms with Crippen molar-refractivity contribution in [3.05, 3.63) is 84.7 Å². The standard InChI is InChI=1S/C32H35N3O8/c1-7-42-27-12-18(8-10-26(27)43-25-11-9-19(34(38)39)13-20(25)35(40)41)28-29-21(14-31(2,3)16-23(29)36)33(6)22-15-32(4,5)17-24(37)30(22)28/h8-13,28H,7,14-17H2,1-6H3. The molecule has 0 fully saturated rings. The quantitative estimate of drug-likeness (QED) is 0.246. The molecule has 0 saturated carbocycles. The number of ketones is 2. The Kier molecular flexibility index (Phi) is 7.40. The number of carbonyl (C=O) groups excluding carboxylic acids is 2. The molecule has 2 aromatic carbocycles. The molecule has 3 aliphatic rings. The molecule has 0 amide bonds. The van der Waals surface area contributed by atoms with Gasteiger partial charge in [0.2, 0.25) is 5.75 Å². The summed E-state index contributed by atoms with van der Waals surface area (Å²) in [5.74, 6) is -0.336. The number of ether oxygens (including phenoxy) is 2. The Labute approximate surface area is 249 Å². The first-order chi connectivity index (χ1) is 20.1. The first-order valence-corrected chi connectivity index (χ1v) is 14.3. The Balaban J connectivity index is 1.65. The van der Waals surface area contributed by atoms with Crippen LogP contribution in [0, 0.1) is 31.1 Å². The van der Waals surface area contributed by atoms with Crippen LogP contribution in [0.15, 0.2) is 58.9 Å². The zero-order chi connectivity index (χ0) is 31.4. The molecule has 0 atom stereocenters. The summed E-state index contributed by atoms with van der Waals surface area (Å²) in [7, 11) is 1.95. The molecule has 0 bridgehead atoms. The van der Waals surface area contributed by atoms with Crippen molar-refractivity contribution in [1.29, 1.82) is 0 Å². The van der Waals surface area contributed by atoms with Crippen molar-refractivity contribution in [3.8, 4) is 17.2 Å². The summed E-state index contributed by atoms with van der Waals surface area (Å²) in [5.41, 5.74) is 2.32. The largest absolute Gasteiger partial charge is 0.490 e. The second-order valence-corrected chi connectivity index (χ2v) is 13.0. The number of hydrogen-bond acceptors (Lipinski definition) is 9. The average molecular weight is 590 g/mol. The molecular weight excluding hydrogens is 554 g/mol. The SMILES string of the molecule is CCOc1cc(C2C3=C(CC(C)(C)CC3=O)N(C)C3=C2C(=O)CC(C)(C)C3)ccc1Oc1ccc([N+](=O)[O-])cc1[N+](=O)[O-]. The predicted molar refractivity (Wildman–Crippen MR) is 158 cm³/mol. The number of nitro benzene ring substituents is 2. The van der Waals surface area contributed by atoms with E-state index in [-0.39, 0.29) is 46.3 Å². The van der Waals surface area contributed by atoms with Crippen LogP contribution in [-0.4, -0.2) is 40.0 Å². The van der Waals surface area contributed by atoms with Crippen LogP contribution in [0.5, 0.6) is 17.2 Å². The van der Waals surface area contributed by atoms with E-state index >= 15 is 0 Å². The third-order valence-electron chi connectivity index (χ3n) is 8.35. The van der Waals surface area contributed by atoms with Gasteiger partial charge in [0.05, 0.1) is 22.5 Å². The van der Waals surface area contributed by atoms with Crippen molar-refractivity contribution in [3.63, 3.8) is 0 Å². The van der Waals surface area contributed by atoms with Crippen LogP contribution in [0.25, 0.3) is 0 Å². The fourth-order valence-corrected chi connectivity index (χ4v) is 6.52. The molecule has 0 unspecified atom stereocenters. The fraction of sp³-hybridized carbons (Fsp3) is 0.438. The van der Waals surface area contributed by atoms with Crippen LogP contribution in [-0.2, 0) is 9.59 Å². The highest BCUT2D eigenvalue weighted by Crippen LogP contribution is 2.54. The van der Waals surface area contributed by atoms with E-state index < -0.39 is 27.1 Å². The number of non-ortho nitro benzene ring substituents is 1. The van der Waals surface area contributed by atoms with E-state index in [9.17, 15) is 29.8 Å². The second kappa shape index (κ2) is 10.6. The summed E-state index contributed by atoms with van der Waals surface area (Å²) in [5, 5.41) is 22.9. The van der Waals surface area contributed by atoms with Gasteiger partial charge in [0, 0.05) is 54.4 Å². The van der Waals surface area contributed by atoms with Crippen LogP contribution in [0.2, 0.25) is 0 Å². The van der Waals surface area contributed by atoms with Crippen molar-refractivity contribution in [2.24, 2.45) is 10.8 Å². The number of allylic oxidation sites excluding steroid dienone is 4. The number of Topliss-reactive ketones (excluding diaryl/α,β-unsaturated/α-hetero) is 2. The van der Waals surface area contributed by atoms with E-state index in [1.165, 1.54) is 6.07 Å². The molecule has 1 aliphatic heterocycles. The Morgan fingerprint density at radius 3 is 1.88 bits per heavy atom. The van der Waals surface area contributed by atoms with E-state index in [0.29, 0.717) is 42.4 Å². The van der Waals surface area contributed by atoms with Gasteiger partial charge in [0.15, 0.2) is 23.1 Å². The minimum atomic E-state index is -0.746. The third kappa shape index (κ3) is 5.51. The lowest BCUT2D eigenvalue weighted by Crippen LogP contribution is -2.43. The number of rotatable bonds is 7. The van der Waals surface area contributed by atoms with E-state index in [2.05, 4.69) is 32.6 Å². The predicted octanol–water partition coefficient (Wildman–Crippen LogP) is 7.01. The monoisotopic (exact) mass is 589 g/mol. The van der Waals surface area contributed by atoms with E-state index in [1.807, 2.05) is 7.05 Å². The smallest absolute Gasteiger partial charge is 0.318 e. The number of nitrogens with zero attached hydrogens (tertiary/aromatic N) is 3. The van der Waals surface area contributed by atoms with Gasteiger partial charge in [-0.05, 0) is 54.4 Å². The lowest BCUT2D eigenvalue weighted by molar-refractivity contribution is -0.394. The van der Waals surface area contributed by atoms with Crippen LogP contribution in [0.3, 0.4) is 0 Å². The lowest BCUT2D eigenvalue weighted by Gasteiger charge is -2.47. The first kappa shape index (κ1) is 29.9. The first-order valence-electron chi connectivity index (χ1n) is 14.3. The normalized spacial score (nSPS) is 19.6. The highest BCUT2D eigenvalue weighted by Gasteiger charge is 2.48. The Bertz CT molecular complexity index is 1580. The molecule has 11 heteroatoms. The van der Waals surface area contributed by atoms with Gasteiger partial charge in [-0.25, -0.2) is 0 Å². The van der Waals surface area contributed by atoms with Crippen LogP contribution in [0.4, 0.5) is 11.4 Å². The molecular formula is C32H35N3O8. The van der Waals surface area contributed by atoms with Gasteiger partial charge < -0.3 is 14.4 Å². The number of carbonyl (C=O) groups is 2. The van der Waals surface area contributed by atoms with Crippen LogP contribution < -0.4 is 9.47 Å². The molecule has 0 N–H and O–H groups in total. The summed E-state index contributed by atoms with van der Waals surface area (Å²) in [6.45, 7) is 10.3. The maximum Gasteiger partial charge on any atom is 0.318 e. The topological polar surface area (TPSA) is 142 Å². The molecule has 0 aromatic heterocycles. The summed E-state index contributed by atoms with van der Waals surface area (Å²) in [4.78, 5) is 51.1. The summed E-state index contributed by atoms with van der Waals surface area (Å²) in [6, 6.07) is 8.22. The minimum absolute atomic E-state index is 0.00655. The average Bonchev–Trinajstić information content (AvgIpc) is 2.90. The maximum absolute atomic E-state index is 13.8. The summed E-state index contributed by atoms with van der Waals surface area (Å²) < 4.78 is 11.8. The van der Waals surface area contributed by atoms with Gasteiger partial charge in [-0.2, -0.15) is 0 Å². The number of nitro groups is 2. The highest BCUT2D eigenvalue weighted by atomic mass is 16.6. The van der Waals surface area contributed by atoms with E-state index in [1.54, 1.807) is 25.1 Å². The lowest BCUT2D eigenvalue weighted by atomic mass is 9.64. The molecule has 0 saturated heterocycles. The maximum atomic E-state index is 13.8. The van der Waals surface area contributed by atoms with E-state index in [4.69, 9.17) is 9.47 Å². The van der Waals surface area contributed by atoms with Crippen molar-refractivity contribution < 1.29 is 28.9 Å². The van der Waals surface area contributed by atoms with Gasteiger partial charge in [-0.1, -0.05) is 33.8 Å². The van der Waals surface area contributed by atoms with Gasteiger partial charge >= 0.3 is 5.69 Å². The molecule has 0 spiro atoms. The minimum Gasteiger partial charge on any atom is -0.490 e. The van der Waals surface area contributed by atoms with Gasteiger partial charge in [-0.15, -0.1) is 0 Å². The van der Waals surface area contributed by atoms with Crippen molar-refractivity contribution in [1.82, 2.24) is 4.90 Å². The molecule has 226 valence electrons. The van der Waals surface area contributed by atoms with Gasteiger partial charge in [0.1, 0.15) is 0 Å². The third-order valence-corrected chi connectivity index (χ3v) is 8.35. The fourth-order valence-electron chi connectivity index (χ4n) is 6.52. The summed E-state index contributed by atoms with van der Waals surface area (Å²) in [6.07, 6.45) is 2.11. The Hall–Kier alpha value is -4.54. The Morgan fingerprint density at radius 1 is 0.814 bits per heavy atom. The Morgan fingerprint density at radius 2 is 1.37 bits per heavy atom. The van der Waals surface area contributed by atoms with Crippen LogP contribution >= 0.6 is 0 Å². The number of benzene rings is 2. The molecule has 1 heterocycles. The van der Waals surface area contributed by atoms with Crippen molar-refractivity contribution >= 4 is 22.9 Å². The van der Waals surface area contributed by atoms with Gasteiger partial charge in [0.25, 0.3) is 5.69 Å². The molecule has 0 radical (unpaired) electrons. The molecule has 5 rings (SSSR count). The molecule has 2 aliphatic carbocycles. The summed E-state index contributed by atoms with van der Waals surface area (Å²) >= 11 is 0. The zero-order valence-electron chi connectivity index (χ0n) is 25.2. The van der Waals surface area contributed by atoms with Gasteiger partial charge in [-0.3, -0.25) is 29.8 Å². The molecule has 11 nitrogen and oxygen atoms in total. The molecule has 43 heavy (non-hydrogen) atoms. The van der Waals surface area contributed by atoms with Crippen molar-refractivity contribution in [2.75, 3.05) is 13.7 Å². The van der Waals surface area contributed by atoms with E-state index in [0.717, 1.165) is 23.5 Å². The van der Waals surface area contributed by atoms with Crippen molar-refractivity contribution in [2.45, 2.75) is 66.2 Å².